The molecule has 2 N–H and O–H groups in total. The summed E-state index contributed by atoms with van der Waals surface area (Å²) >= 11 is 0. The molecular formula is C17H14FN3O2. The van der Waals surface area contributed by atoms with Crippen LogP contribution in [0.3, 0.4) is 0 Å². The molecule has 0 bridgehead atoms. The van der Waals surface area contributed by atoms with Gasteiger partial charge in [-0.05, 0) is 23.8 Å². The fourth-order valence-electron chi connectivity index (χ4n) is 3.29. The van der Waals surface area contributed by atoms with Crippen LogP contribution < -0.4 is 10.2 Å². The maximum atomic E-state index is 13.2. The highest BCUT2D eigenvalue weighted by Gasteiger charge is 2.36. The van der Waals surface area contributed by atoms with Crippen molar-refractivity contribution in [2.24, 2.45) is 5.16 Å². The molecule has 5 nitrogen and oxygen atoms in total. The fraction of sp³-hybridized carbons (Fsp3) is 0.176. The molecular weight excluding hydrogens is 297 g/mol. The number of nitrogens with one attached hydrogen (secondary N) is 1. The lowest BCUT2D eigenvalue weighted by atomic mass is 9.92. The first kappa shape index (κ1) is 13.8. The number of rotatable bonds is 1. The first-order valence-corrected chi connectivity index (χ1v) is 7.36. The minimum atomic E-state index is -0.364. The molecule has 1 atom stereocenters. The van der Waals surface area contributed by atoms with Crippen molar-refractivity contribution in [1.82, 2.24) is 5.32 Å². The van der Waals surface area contributed by atoms with Gasteiger partial charge in [0.2, 0.25) is 0 Å². The maximum Gasteiger partial charge on any atom is 0.255 e. The first-order chi connectivity index (χ1) is 11.2. The fourth-order valence-corrected chi connectivity index (χ4v) is 3.29. The molecule has 1 unspecified atom stereocenters. The van der Waals surface area contributed by atoms with E-state index in [4.69, 9.17) is 0 Å². The molecule has 116 valence electrons. The molecule has 2 aromatic rings. The van der Waals surface area contributed by atoms with Gasteiger partial charge in [-0.1, -0.05) is 29.4 Å². The van der Waals surface area contributed by atoms with Crippen LogP contribution in [0.1, 0.15) is 34.1 Å². The van der Waals surface area contributed by atoms with Crippen LogP contribution in [0.25, 0.3) is 0 Å². The molecule has 23 heavy (non-hydrogen) atoms. The van der Waals surface area contributed by atoms with Gasteiger partial charge in [0.15, 0.2) is 0 Å². The second kappa shape index (κ2) is 5.08. The lowest BCUT2D eigenvalue weighted by Gasteiger charge is -2.42. The van der Waals surface area contributed by atoms with Crippen molar-refractivity contribution in [3.8, 4) is 0 Å². The van der Waals surface area contributed by atoms with Crippen LogP contribution in [0.4, 0.5) is 10.1 Å². The molecule has 4 rings (SSSR count). The van der Waals surface area contributed by atoms with Gasteiger partial charge in [0.25, 0.3) is 5.91 Å². The molecule has 6 heteroatoms. The molecule has 0 saturated heterocycles. The monoisotopic (exact) mass is 311 g/mol. The SMILES string of the molecule is O=C1NC(c2ccc(F)cc2)N2CCC(=NO)c3cccc1c32. The van der Waals surface area contributed by atoms with E-state index in [1.54, 1.807) is 24.3 Å². The molecule has 2 heterocycles. The van der Waals surface area contributed by atoms with Crippen LogP contribution in [0.15, 0.2) is 47.6 Å². The normalized spacial score (nSPS) is 21.1. The second-order valence-electron chi connectivity index (χ2n) is 5.62. The predicted octanol–water partition coefficient (Wildman–Crippen LogP) is 2.66. The molecule has 2 aliphatic rings. The Bertz CT molecular complexity index is 817. The van der Waals surface area contributed by atoms with E-state index < -0.39 is 0 Å². The first-order valence-electron chi connectivity index (χ1n) is 7.36. The number of benzene rings is 2. The van der Waals surface area contributed by atoms with E-state index in [1.165, 1.54) is 12.1 Å². The lowest BCUT2D eigenvalue weighted by molar-refractivity contribution is 0.0926. The summed E-state index contributed by atoms with van der Waals surface area (Å²) in [5.41, 5.74) is 3.47. The number of para-hydroxylation sites is 1. The van der Waals surface area contributed by atoms with Gasteiger partial charge in [-0.3, -0.25) is 4.79 Å². The Morgan fingerprint density at radius 3 is 2.65 bits per heavy atom. The Labute approximate surface area is 132 Å². The Kier molecular flexibility index (Phi) is 3.04. The molecule has 1 amide bonds. The van der Waals surface area contributed by atoms with Gasteiger partial charge in [0.05, 0.1) is 17.0 Å². The Morgan fingerprint density at radius 2 is 1.91 bits per heavy atom. The summed E-state index contributed by atoms with van der Waals surface area (Å²) in [5.74, 6) is -0.503. The number of anilines is 1. The zero-order chi connectivity index (χ0) is 16.0. The van der Waals surface area contributed by atoms with Crippen molar-refractivity contribution >= 4 is 17.3 Å². The Morgan fingerprint density at radius 1 is 1.17 bits per heavy atom. The summed E-state index contributed by atoms with van der Waals surface area (Å²) in [6.07, 6.45) is 0.206. The van der Waals surface area contributed by atoms with Gasteiger partial charge in [-0.25, -0.2) is 4.39 Å². The number of carbonyl (C=O) groups excluding carboxylic acids is 1. The van der Waals surface area contributed by atoms with Crippen LogP contribution in [0.2, 0.25) is 0 Å². The van der Waals surface area contributed by atoms with Gasteiger partial charge < -0.3 is 15.4 Å². The minimum Gasteiger partial charge on any atom is -0.411 e. The quantitative estimate of drug-likeness (QED) is 0.628. The largest absolute Gasteiger partial charge is 0.411 e. The van der Waals surface area contributed by atoms with E-state index in [9.17, 15) is 14.4 Å². The number of halogens is 1. The molecule has 2 aromatic carbocycles. The highest BCUT2D eigenvalue weighted by Crippen LogP contribution is 2.39. The average molecular weight is 311 g/mol. The molecule has 0 saturated carbocycles. The minimum absolute atomic E-state index is 0.188. The van der Waals surface area contributed by atoms with Crippen molar-refractivity contribution in [3.63, 3.8) is 0 Å². The van der Waals surface area contributed by atoms with Gasteiger partial charge in [0.1, 0.15) is 12.0 Å². The number of amides is 1. The van der Waals surface area contributed by atoms with Gasteiger partial charge in [-0.2, -0.15) is 0 Å². The van der Waals surface area contributed by atoms with Gasteiger partial charge in [-0.15, -0.1) is 0 Å². The zero-order valence-corrected chi connectivity index (χ0v) is 12.2. The lowest BCUT2D eigenvalue weighted by Crippen LogP contribution is -2.49. The van der Waals surface area contributed by atoms with Crippen molar-refractivity contribution in [2.45, 2.75) is 12.6 Å². The zero-order valence-electron chi connectivity index (χ0n) is 12.2. The molecule has 0 aromatic heterocycles. The summed E-state index contributed by atoms with van der Waals surface area (Å²) in [5, 5.41) is 15.5. The highest BCUT2D eigenvalue weighted by molar-refractivity contribution is 6.13. The second-order valence-corrected chi connectivity index (χ2v) is 5.62. The molecule has 0 fully saturated rings. The number of hydrogen-bond acceptors (Lipinski definition) is 4. The summed E-state index contributed by atoms with van der Waals surface area (Å²) in [7, 11) is 0. The summed E-state index contributed by atoms with van der Waals surface area (Å²) in [4.78, 5) is 14.5. The maximum absolute atomic E-state index is 13.2. The van der Waals surface area contributed by atoms with E-state index in [2.05, 4.69) is 15.4 Å². The van der Waals surface area contributed by atoms with Crippen LogP contribution in [-0.2, 0) is 0 Å². The molecule has 2 aliphatic heterocycles. The third-order valence-corrected chi connectivity index (χ3v) is 4.35. The van der Waals surface area contributed by atoms with E-state index in [1.807, 2.05) is 6.07 Å². The predicted molar refractivity (Wildman–Crippen MR) is 83.3 cm³/mol. The third kappa shape index (κ3) is 2.06. The molecule has 0 spiro atoms. The molecule has 0 radical (unpaired) electrons. The summed E-state index contributed by atoms with van der Waals surface area (Å²) in [6, 6.07) is 11.5. The summed E-state index contributed by atoms with van der Waals surface area (Å²) in [6.45, 7) is 0.603. The van der Waals surface area contributed by atoms with Gasteiger partial charge in [0, 0.05) is 18.5 Å². The van der Waals surface area contributed by atoms with Crippen LogP contribution >= 0.6 is 0 Å². The van der Waals surface area contributed by atoms with Crippen LogP contribution in [0.5, 0.6) is 0 Å². The standard InChI is InChI=1S/C17H14FN3O2/c18-11-6-4-10(5-7-11)16-19-17(22)13-3-1-2-12-14(20-23)8-9-21(16)15(12)13/h1-7,16,23H,8-9H2,(H,19,22). The third-order valence-electron chi connectivity index (χ3n) is 4.35. The number of carbonyl (C=O) groups is 1. The van der Waals surface area contributed by atoms with Crippen LogP contribution in [-0.4, -0.2) is 23.4 Å². The van der Waals surface area contributed by atoms with Crippen molar-refractivity contribution < 1.29 is 14.4 Å². The van der Waals surface area contributed by atoms with Crippen molar-refractivity contribution in [2.75, 3.05) is 11.4 Å². The van der Waals surface area contributed by atoms with Gasteiger partial charge >= 0.3 is 0 Å². The topological polar surface area (TPSA) is 64.9 Å². The average Bonchev–Trinajstić information content (AvgIpc) is 2.58. The highest BCUT2D eigenvalue weighted by atomic mass is 19.1. The Balaban J connectivity index is 1.87. The van der Waals surface area contributed by atoms with Crippen molar-refractivity contribution in [1.29, 1.82) is 0 Å². The molecule has 0 aliphatic carbocycles. The number of oxime groups is 1. The smallest absolute Gasteiger partial charge is 0.255 e. The van der Waals surface area contributed by atoms with E-state index in [0.717, 1.165) is 16.8 Å². The summed E-state index contributed by atoms with van der Waals surface area (Å²) < 4.78 is 13.2. The van der Waals surface area contributed by atoms with Crippen molar-refractivity contribution in [3.05, 3.63) is 65.0 Å². The van der Waals surface area contributed by atoms with E-state index in [-0.39, 0.29) is 17.9 Å². The van der Waals surface area contributed by atoms with E-state index in [0.29, 0.717) is 24.2 Å². The van der Waals surface area contributed by atoms with Crippen LogP contribution in [0, 0.1) is 5.82 Å². The Hall–Kier alpha value is -2.89. The number of hydrogen-bond donors (Lipinski definition) is 2. The van der Waals surface area contributed by atoms with E-state index >= 15 is 0 Å². The number of nitrogens with zero attached hydrogens (tertiary/aromatic N) is 2.